The molecule has 0 saturated carbocycles. The number of amides is 1. The van der Waals surface area contributed by atoms with Crippen LogP contribution in [0.15, 0.2) is 12.3 Å². The van der Waals surface area contributed by atoms with Crippen LogP contribution in [-0.2, 0) is 11.3 Å². The molecule has 5 nitrogen and oxygen atoms in total. The fraction of sp³-hybridized carbons (Fsp3) is 0.286. The lowest BCUT2D eigenvalue weighted by Crippen LogP contribution is -2.13. The molecule has 0 aliphatic heterocycles. The van der Waals surface area contributed by atoms with E-state index in [0.717, 1.165) is 5.69 Å². The minimum atomic E-state index is -0.819. The van der Waals surface area contributed by atoms with Gasteiger partial charge in [0.2, 0.25) is 0 Å². The molecule has 5 heteroatoms. The van der Waals surface area contributed by atoms with Gasteiger partial charge in [-0.2, -0.15) is 0 Å². The minimum Gasteiger partial charge on any atom is -0.441 e. The number of ether oxygens (including phenoxy) is 1. The maximum Gasteiger partial charge on any atom is 0.404 e. The van der Waals surface area contributed by atoms with Gasteiger partial charge in [-0.1, -0.05) is 0 Å². The normalized spacial score (nSPS) is 9.42. The Morgan fingerprint density at radius 2 is 2.50 bits per heavy atom. The fourth-order valence-electron chi connectivity index (χ4n) is 0.706. The number of nitrogens with two attached hydrogens (primary N) is 1. The number of aryl methyl sites for hydroxylation is 1. The van der Waals surface area contributed by atoms with Gasteiger partial charge in [0.1, 0.15) is 0 Å². The largest absolute Gasteiger partial charge is 0.441 e. The van der Waals surface area contributed by atoms with E-state index in [1.165, 1.54) is 0 Å². The van der Waals surface area contributed by atoms with Crippen LogP contribution in [-0.4, -0.2) is 16.1 Å². The molecule has 2 N–H and O–H groups in total. The molecule has 0 aliphatic rings. The second-order valence-electron chi connectivity index (χ2n) is 2.22. The highest BCUT2D eigenvalue weighted by Gasteiger charge is 1.98. The van der Waals surface area contributed by atoms with E-state index in [1.54, 1.807) is 12.3 Å². The van der Waals surface area contributed by atoms with E-state index in [-0.39, 0.29) is 6.61 Å². The molecule has 0 aliphatic carbocycles. The number of rotatable bonds is 2. The summed E-state index contributed by atoms with van der Waals surface area (Å²) in [5.41, 5.74) is 5.59. The number of primary amides is 1. The Kier molecular flexibility index (Phi) is 2.57. The molecule has 1 rings (SSSR count). The van der Waals surface area contributed by atoms with E-state index in [0.29, 0.717) is 5.82 Å². The predicted molar refractivity (Wildman–Crippen MR) is 41.1 cm³/mol. The molecular weight excluding hydrogens is 158 g/mol. The number of nitrogens with zero attached hydrogens (tertiary/aromatic N) is 2. The first kappa shape index (κ1) is 8.45. The summed E-state index contributed by atoms with van der Waals surface area (Å²) in [5, 5.41) is 0. The Balaban J connectivity index is 2.57. The average Bonchev–Trinajstić information content (AvgIpc) is 2.01. The quantitative estimate of drug-likeness (QED) is 0.690. The molecule has 1 aromatic rings. The predicted octanol–water partition coefficient (Wildman–Crippen LogP) is 0.380. The molecule has 0 aromatic carbocycles. The second kappa shape index (κ2) is 3.66. The highest BCUT2D eigenvalue weighted by Crippen LogP contribution is 1.94. The molecule has 12 heavy (non-hydrogen) atoms. The van der Waals surface area contributed by atoms with Crippen LogP contribution >= 0.6 is 0 Å². The van der Waals surface area contributed by atoms with E-state index in [9.17, 15) is 4.79 Å². The monoisotopic (exact) mass is 167 g/mol. The Bertz CT molecular complexity index is 288. The fourth-order valence-corrected chi connectivity index (χ4v) is 0.706. The van der Waals surface area contributed by atoms with Crippen molar-refractivity contribution < 1.29 is 9.53 Å². The van der Waals surface area contributed by atoms with Gasteiger partial charge in [-0.3, -0.25) is 0 Å². The van der Waals surface area contributed by atoms with Gasteiger partial charge in [-0.15, -0.1) is 0 Å². The van der Waals surface area contributed by atoms with Crippen LogP contribution in [0.4, 0.5) is 4.79 Å². The molecule has 0 saturated heterocycles. The third kappa shape index (κ3) is 2.53. The van der Waals surface area contributed by atoms with Gasteiger partial charge in [0.25, 0.3) is 0 Å². The molecule has 0 bridgehead atoms. The van der Waals surface area contributed by atoms with Crippen molar-refractivity contribution in [3.63, 3.8) is 0 Å². The number of aromatic nitrogens is 2. The summed E-state index contributed by atoms with van der Waals surface area (Å²) in [5.74, 6) is 0.453. The van der Waals surface area contributed by atoms with Crippen LogP contribution in [0.5, 0.6) is 0 Å². The topological polar surface area (TPSA) is 78.1 Å². The Morgan fingerprint density at radius 1 is 1.75 bits per heavy atom. The molecule has 1 heterocycles. The van der Waals surface area contributed by atoms with E-state index < -0.39 is 6.09 Å². The van der Waals surface area contributed by atoms with Crippen LogP contribution in [0.25, 0.3) is 0 Å². The first-order valence-electron chi connectivity index (χ1n) is 3.39. The third-order valence-electron chi connectivity index (χ3n) is 1.19. The van der Waals surface area contributed by atoms with Crippen LogP contribution in [0.2, 0.25) is 0 Å². The lowest BCUT2D eigenvalue weighted by Gasteiger charge is -1.99. The van der Waals surface area contributed by atoms with Crippen molar-refractivity contribution in [2.24, 2.45) is 5.73 Å². The van der Waals surface area contributed by atoms with Crippen molar-refractivity contribution in [3.8, 4) is 0 Å². The molecule has 0 unspecified atom stereocenters. The van der Waals surface area contributed by atoms with Crippen molar-refractivity contribution in [2.45, 2.75) is 13.5 Å². The lowest BCUT2D eigenvalue weighted by atomic mass is 10.4. The van der Waals surface area contributed by atoms with Crippen molar-refractivity contribution >= 4 is 6.09 Å². The highest BCUT2D eigenvalue weighted by atomic mass is 16.5. The molecule has 0 radical (unpaired) electrons. The maximum atomic E-state index is 10.2. The van der Waals surface area contributed by atoms with E-state index in [1.807, 2.05) is 6.92 Å². The Morgan fingerprint density at radius 3 is 3.08 bits per heavy atom. The lowest BCUT2D eigenvalue weighted by molar-refractivity contribution is 0.147. The zero-order valence-corrected chi connectivity index (χ0v) is 6.65. The summed E-state index contributed by atoms with van der Waals surface area (Å²) < 4.78 is 4.50. The van der Waals surface area contributed by atoms with Crippen LogP contribution in [0.3, 0.4) is 0 Å². The van der Waals surface area contributed by atoms with Crippen molar-refractivity contribution in [2.75, 3.05) is 0 Å². The van der Waals surface area contributed by atoms with Crippen LogP contribution < -0.4 is 5.73 Å². The van der Waals surface area contributed by atoms with E-state index >= 15 is 0 Å². The Hall–Kier alpha value is -1.65. The maximum absolute atomic E-state index is 10.2. The summed E-state index contributed by atoms with van der Waals surface area (Å²) in [6, 6.07) is 1.76. The number of carbonyl (C=O) groups is 1. The van der Waals surface area contributed by atoms with Crippen molar-refractivity contribution in [3.05, 3.63) is 23.8 Å². The standard InChI is InChI=1S/C7H9N3O2/c1-5-2-3-9-6(10-5)4-12-7(8)11/h2-3H,4H2,1H3,(H2,8,11). The van der Waals surface area contributed by atoms with E-state index in [4.69, 9.17) is 5.73 Å². The molecule has 0 atom stereocenters. The van der Waals surface area contributed by atoms with Crippen molar-refractivity contribution in [1.82, 2.24) is 9.97 Å². The van der Waals surface area contributed by atoms with Gasteiger partial charge in [0.15, 0.2) is 12.4 Å². The summed E-state index contributed by atoms with van der Waals surface area (Å²) in [6.07, 6.45) is 0.780. The van der Waals surface area contributed by atoms with E-state index in [2.05, 4.69) is 14.7 Å². The third-order valence-corrected chi connectivity index (χ3v) is 1.19. The molecule has 1 aromatic heterocycles. The van der Waals surface area contributed by atoms with Crippen LogP contribution in [0.1, 0.15) is 11.5 Å². The minimum absolute atomic E-state index is 0.0248. The zero-order valence-electron chi connectivity index (χ0n) is 6.65. The molecule has 0 spiro atoms. The smallest absolute Gasteiger partial charge is 0.404 e. The molecule has 1 amide bonds. The zero-order chi connectivity index (χ0) is 8.97. The summed E-state index contributed by atoms with van der Waals surface area (Å²) in [4.78, 5) is 18.1. The number of hydrogen-bond acceptors (Lipinski definition) is 4. The first-order chi connectivity index (χ1) is 5.68. The van der Waals surface area contributed by atoms with Crippen LogP contribution in [0, 0.1) is 6.92 Å². The molecular formula is C7H9N3O2. The first-order valence-corrected chi connectivity index (χ1v) is 3.39. The van der Waals surface area contributed by atoms with Gasteiger partial charge >= 0.3 is 6.09 Å². The van der Waals surface area contributed by atoms with Gasteiger partial charge in [0.05, 0.1) is 0 Å². The SMILES string of the molecule is Cc1ccnc(COC(N)=O)n1. The van der Waals surface area contributed by atoms with Gasteiger partial charge in [-0.25, -0.2) is 14.8 Å². The number of carbonyl (C=O) groups excluding carboxylic acids is 1. The van der Waals surface area contributed by atoms with Gasteiger partial charge in [0, 0.05) is 11.9 Å². The highest BCUT2D eigenvalue weighted by molar-refractivity contribution is 5.64. The molecule has 0 fully saturated rings. The summed E-state index contributed by atoms with van der Waals surface area (Å²) >= 11 is 0. The van der Waals surface area contributed by atoms with Crippen molar-refractivity contribution in [1.29, 1.82) is 0 Å². The summed E-state index contributed by atoms with van der Waals surface area (Å²) in [7, 11) is 0. The summed E-state index contributed by atoms with van der Waals surface area (Å²) in [6.45, 7) is 1.85. The second-order valence-corrected chi connectivity index (χ2v) is 2.22. The average molecular weight is 167 g/mol. The van der Waals surface area contributed by atoms with Gasteiger partial charge < -0.3 is 10.5 Å². The number of hydrogen-bond donors (Lipinski definition) is 1. The molecule has 64 valence electrons. The van der Waals surface area contributed by atoms with Gasteiger partial charge in [-0.05, 0) is 13.0 Å². The Labute approximate surface area is 69.6 Å².